The Kier molecular flexibility index (Phi) is 4.94. The van der Waals surface area contributed by atoms with Crippen molar-refractivity contribution < 1.29 is 4.79 Å². The van der Waals surface area contributed by atoms with E-state index in [1.165, 1.54) is 24.8 Å². The molecule has 2 aliphatic heterocycles. The minimum absolute atomic E-state index is 0.175. The fourth-order valence-corrected chi connectivity index (χ4v) is 3.60. The highest BCUT2D eigenvalue weighted by molar-refractivity contribution is 5.82. The molecule has 0 N–H and O–H groups in total. The van der Waals surface area contributed by atoms with E-state index in [1.807, 2.05) is 30.1 Å². The van der Waals surface area contributed by atoms with Crippen LogP contribution in [0.5, 0.6) is 0 Å². The lowest BCUT2D eigenvalue weighted by Crippen LogP contribution is -2.37. The SMILES string of the molecule is CN1C(=O)C(CN2CCCCC2)CC1C=Cc1ccccc1. The molecule has 2 fully saturated rings. The highest BCUT2D eigenvalue weighted by atomic mass is 16.2. The zero-order valence-corrected chi connectivity index (χ0v) is 13.4. The van der Waals surface area contributed by atoms with Crippen molar-refractivity contribution in [1.82, 2.24) is 9.80 Å². The summed E-state index contributed by atoms with van der Waals surface area (Å²) in [5.74, 6) is 0.488. The van der Waals surface area contributed by atoms with Crippen LogP contribution in [0.3, 0.4) is 0 Å². The smallest absolute Gasteiger partial charge is 0.227 e. The highest BCUT2D eigenvalue weighted by Gasteiger charge is 2.36. The maximum Gasteiger partial charge on any atom is 0.227 e. The molecule has 0 saturated carbocycles. The summed E-state index contributed by atoms with van der Waals surface area (Å²) in [4.78, 5) is 16.9. The summed E-state index contributed by atoms with van der Waals surface area (Å²) in [6.07, 6.45) is 9.19. The molecule has 22 heavy (non-hydrogen) atoms. The molecule has 3 nitrogen and oxygen atoms in total. The fraction of sp³-hybridized carbons (Fsp3) is 0.526. The molecule has 1 aromatic carbocycles. The van der Waals surface area contributed by atoms with Crippen molar-refractivity contribution in [3.05, 3.63) is 42.0 Å². The van der Waals surface area contributed by atoms with Crippen LogP contribution in [0, 0.1) is 5.92 Å². The Morgan fingerprint density at radius 2 is 1.86 bits per heavy atom. The summed E-state index contributed by atoms with van der Waals surface area (Å²) >= 11 is 0. The van der Waals surface area contributed by atoms with Crippen LogP contribution in [0.25, 0.3) is 6.08 Å². The lowest BCUT2D eigenvalue weighted by Gasteiger charge is -2.28. The molecule has 2 aliphatic rings. The number of benzene rings is 1. The van der Waals surface area contributed by atoms with E-state index in [-0.39, 0.29) is 12.0 Å². The molecule has 2 heterocycles. The second kappa shape index (κ2) is 7.10. The molecule has 3 rings (SSSR count). The van der Waals surface area contributed by atoms with Gasteiger partial charge in [0.25, 0.3) is 0 Å². The van der Waals surface area contributed by atoms with Crippen molar-refractivity contribution in [2.45, 2.75) is 31.7 Å². The van der Waals surface area contributed by atoms with Gasteiger partial charge in [-0.25, -0.2) is 0 Å². The van der Waals surface area contributed by atoms with Gasteiger partial charge in [0, 0.05) is 13.6 Å². The maximum absolute atomic E-state index is 12.5. The number of carbonyl (C=O) groups is 1. The van der Waals surface area contributed by atoms with E-state index in [2.05, 4.69) is 29.2 Å². The normalized spacial score (nSPS) is 27.0. The van der Waals surface area contributed by atoms with Crippen LogP contribution in [0.4, 0.5) is 0 Å². The van der Waals surface area contributed by atoms with Crippen molar-refractivity contribution in [1.29, 1.82) is 0 Å². The monoisotopic (exact) mass is 298 g/mol. The molecule has 3 heteroatoms. The maximum atomic E-state index is 12.5. The first-order valence-corrected chi connectivity index (χ1v) is 8.46. The minimum atomic E-state index is 0.175. The van der Waals surface area contributed by atoms with E-state index >= 15 is 0 Å². The number of carbonyl (C=O) groups excluding carboxylic acids is 1. The molecule has 2 atom stereocenters. The van der Waals surface area contributed by atoms with E-state index in [0.29, 0.717) is 5.91 Å². The van der Waals surface area contributed by atoms with E-state index in [9.17, 15) is 4.79 Å². The number of piperidine rings is 1. The summed E-state index contributed by atoms with van der Waals surface area (Å²) in [7, 11) is 1.94. The zero-order valence-electron chi connectivity index (χ0n) is 13.4. The molecule has 118 valence electrons. The first-order valence-electron chi connectivity index (χ1n) is 8.46. The first-order chi connectivity index (χ1) is 10.7. The molecule has 0 bridgehead atoms. The number of rotatable bonds is 4. The van der Waals surface area contributed by atoms with Crippen LogP contribution in [0.1, 0.15) is 31.2 Å². The van der Waals surface area contributed by atoms with Crippen molar-refractivity contribution in [3.8, 4) is 0 Å². The van der Waals surface area contributed by atoms with Gasteiger partial charge < -0.3 is 9.80 Å². The molecular weight excluding hydrogens is 272 g/mol. The van der Waals surface area contributed by atoms with Gasteiger partial charge in [-0.05, 0) is 37.9 Å². The molecule has 0 spiro atoms. The average Bonchev–Trinajstić information content (AvgIpc) is 2.83. The van der Waals surface area contributed by atoms with Crippen molar-refractivity contribution in [3.63, 3.8) is 0 Å². The van der Waals surface area contributed by atoms with Gasteiger partial charge in [0.05, 0.1) is 12.0 Å². The van der Waals surface area contributed by atoms with Gasteiger partial charge in [0.2, 0.25) is 5.91 Å². The number of hydrogen-bond donors (Lipinski definition) is 0. The van der Waals surface area contributed by atoms with Gasteiger partial charge >= 0.3 is 0 Å². The summed E-state index contributed by atoms with van der Waals surface area (Å²) in [5.41, 5.74) is 1.20. The number of nitrogens with zero attached hydrogens (tertiary/aromatic N) is 2. The van der Waals surface area contributed by atoms with Crippen LogP contribution < -0.4 is 0 Å². The standard InChI is InChI=1S/C19H26N2O/c1-20-18(11-10-16-8-4-2-5-9-16)14-17(19(20)22)15-21-12-6-3-7-13-21/h2,4-5,8-11,17-18H,3,6-7,12-15H2,1H3. The molecule has 1 aromatic rings. The van der Waals surface area contributed by atoms with Gasteiger partial charge in [0.15, 0.2) is 0 Å². The summed E-state index contributed by atoms with van der Waals surface area (Å²) in [5, 5.41) is 0. The van der Waals surface area contributed by atoms with Crippen molar-refractivity contribution in [2.24, 2.45) is 5.92 Å². The lowest BCUT2D eigenvalue weighted by molar-refractivity contribution is -0.130. The predicted molar refractivity (Wildman–Crippen MR) is 90.4 cm³/mol. The number of amides is 1. The van der Waals surface area contributed by atoms with Crippen LogP contribution >= 0.6 is 0 Å². The van der Waals surface area contributed by atoms with Crippen LogP contribution in [-0.4, -0.2) is 48.4 Å². The quantitative estimate of drug-likeness (QED) is 0.853. The summed E-state index contributed by atoms with van der Waals surface area (Å²) in [6.45, 7) is 3.27. The fourth-order valence-electron chi connectivity index (χ4n) is 3.60. The van der Waals surface area contributed by atoms with Crippen LogP contribution in [0.15, 0.2) is 36.4 Å². The Balaban J connectivity index is 1.60. The number of likely N-dealkylation sites (N-methyl/N-ethyl adjacent to an activating group) is 1. The summed E-state index contributed by atoms with van der Waals surface area (Å²) in [6, 6.07) is 10.5. The van der Waals surface area contributed by atoms with Crippen LogP contribution in [-0.2, 0) is 4.79 Å². The topological polar surface area (TPSA) is 23.6 Å². The lowest BCUT2D eigenvalue weighted by atomic mass is 10.0. The van der Waals surface area contributed by atoms with Crippen molar-refractivity contribution in [2.75, 3.05) is 26.7 Å². The first kappa shape index (κ1) is 15.3. The number of hydrogen-bond acceptors (Lipinski definition) is 2. The molecule has 1 amide bonds. The van der Waals surface area contributed by atoms with Crippen LogP contribution in [0.2, 0.25) is 0 Å². The second-order valence-corrected chi connectivity index (χ2v) is 6.58. The average molecular weight is 298 g/mol. The van der Waals surface area contributed by atoms with E-state index < -0.39 is 0 Å². The van der Waals surface area contributed by atoms with E-state index in [1.54, 1.807) is 0 Å². The summed E-state index contributed by atoms with van der Waals surface area (Å²) < 4.78 is 0. The highest BCUT2D eigenvalue weighted by Crippen LogP contribution is 2.26. The molecule has 2 unspecified atom stereocenters. The molecule has 0 aliphatic carbocycles. The Hall–Kier alpha value is -1.61. The Morgan fingerprint density at radius 1 is 1.14 bits per heavy atom. The Bertz CT molecular complexity index is 519. The van der Waals surface area contributed by atoms with Crippen molar-refractivity contribution >= 4 is 12.0 Å². The van der Waals surface area contributed by atoms with E-state index in [0.717, 1.165) is 26.1 Å². The van der Waals surface area contributed by atoms with E-state index in [4.69, 9.17) is 0 Å². The largest absolute Gasteiger partial charge is 0.339 e. The zero-order chi connectivity index (χ0) is 15.4. The molecule has 0 radical (unpaired) electrons. The van der Waals surface area contributed by atoms with Gasteiger partial charge in [-0.3, -0.25) is 4.79 Å². The van der Waals surface area contributed by atoms with Gasteiger partial charge in [-0.15, -0.1) is 0 Å². The minimum Gasteiger partial charge on any atom is -0.339 e. The van der Waals surface area contributed by atoms with Gasteiger partial charge in [0.1, 0.15) is 0 Å². The third-order valence-electron chi connectivity index (χ3n) is 4.96. The second-order valence-electron chi connectivity index (χ2n) is 6.58. The Labute approximate surface area is 133 Å². The van der Waals surface area contributed by atoms with Gasteiger partial charge in [-0.1, -0.05) is 48.9 Å². The molecule has 2 saturated heterocycles. The third kappa shape index (κ3) is 3.58. The third-order valence-corrected chi connectivity index (χ3v) is 4.96. The number of likely N-dealkylation sites (tertiary alicyclic amines) is 2. The van der Waals surface area contributed by atoms with Gasteiger partial charge in [-0.2, -0.15) is 0 Å². The molecule has 0 aromatic heterocycles. The molecular formula is C19H26N2O. The predicted octanol–water partition coefficient (Wildman–Crippen LogP) is 3.03. The Morgan fingerprint density at radius 3 is 2.59 bits per heavy atom.